The van der Waals surface area contributed by atoms with Crippen LogP contribution in [-0.2, 0) is 15.6 Å². The van der Waals surface area contributed by atoms with Crippen LogP contribution in [0.3, 0.4) is 0 Å². The first kappa shape index (κ1) is 15.3. The molecule has 0 N–H and O–H groups in total. The van der Waals surface area contributed by atoms with Crippen LogP contribution < -0.4 is 0 Å². The third-order valence-electron chi connectivity index (χ3n) is 5.84. The Kier molecular flexibility index (Phi) is 3.24. The van der Waals surface area contributed by atoms with Gasteiger partial charge in [0.1, 0.15) is 4.93 Å². The lowest BCUT2D eigenvalue weighted by atomic mass is 9.77. The second-order valence-electron chi connectivity index (χ2n) is 7.74. The van der Waals surface area contributed by atoms with E-state index >= 15 is 0 Å². The minimum Gasteiger partial charge on any atom is -0.361 e. The van der Waals surface area contributed by atoms with Gasteiger partial charge in [0.05, 0.1) is 11.9 Å². The van der Waals surface area contributed by atoms with Crippen molar-refractivity contribution < 1.29 is 4.74 Å². The second kappa shape index (κ2) is 4.87. The average Bonchev–Trinajstić information content (AvgIpc) is 3.07. The normalized spacial score (nSPS) is 26.3. The third-order valence-corrected chi connectivity index (χ3v) is 8.00. The number of thioether (sulfide) groups is 1. The second-order valence-corrected chi connectivity index (χ2v) is 9.12. The Morgan fingerprint density at radius 3 is 1.91 bits per heavy atom. The molecule has 1 fully saturated rings. The predicted octanol–water partition coefficient (Wildman–Crippen LogP) is 5.46. The maximum absolute atomic E-state index is 6.64. The van der Waals surface area contributed by atoms with Gasteiger partial charge < -0.3 is 4.74 Å². The largest absolute Gasteiger partial charge is 0.361 e. The monoisotopic (exact) mass is 324 g/mol. The van der Waals surface area contributed by atoms with Crippen LogP contribution in [-0.4, -0.2) is 11.5 Å². The quantitative estimate of drug-likeness (QED) is 0.689. The lowest BCUT2D eigenvalue weighted by molar-refractivity contribution is -0.0369. The molecule has 0 radical (unpaired) electrons. The van der Waals surface area contributed by atoms with E-state index in [1.165, 1.54) is 16.7 Å². The van der Waals surface area contributed by atoms with Gasteiger partial charge in [-0.1, -0.05) is 82.3 Å². The van der Waals surface area contributed by atoms with E-state index in [4.69, 9.17) is 4.74 Å². The molecule has 2 aromatic rings. The first-order valence-corrected chi connectivity index (χ1v) is 9.25. The number of rotatable bonds is 1. The SMILES string of the molecule is CC1(C)c2ccccc2C(C)(C)C12OC[C@H](c1ccccc1)S2. The molecule has 2 aliphatic rings. The molecular formula is C21H24OS. The highest BCUT2D eigenvalue weighted by atomic mass is 32.2. The summed E-state index contributed by atoms with van der Waals surface area (Å²) >= 11 is 2.02. The molecule has 0 aromatic heterocycles. The van der Waals surface area contributed by atoms with Gasteiger partial charge in [-0.3, -0.25) is 0 Å². The Morgan fingerprint density at radius 2 is 1.35 bits per heavy atom. The first-order chi connectivity index (χ1) is 10.9. The minimum absolute atomic E-state index is 0.0126. The molecule has 1 atom stereocenters. The van der Waals surface area contributed by atoms with Crippen LogP contribution in [0.4, 0.5) is 0 Å². The fraction of sp³-hybridized carbons (Fsp3) is 0.429. The molecule has 1 spiro atoms. The van der Waals surface area contributed by atoms with Crippen LogP contribution in [0.5, 0.6) is 0 Å². The van der Waals surface area contributed by atoms with Gasteiger partial charge in [-0.25, -0.2) is 0 Å². The highest BCUT2D eigenvalue weighted by molar-refractivity contribution is 8.01. The molecule has 1 aliphatic carbocycles. The van der Waals surface area contributed by atoms with Crippen molar-refractivity contribution in [3.8, 4) is 0 Å². The van der Waals surface area contributed by atoms with Crippen LogP contribution in [0.1, 0.15) is 49.6 Å². The van der Waals surface area contributed by atoms with Crippen LogP contribution in [0.15, 0.2) is 54.6 Å². The summed E-state index contributed by atoms with van der Waals surface area (Å²) in [6.07, 6.45) is 0. The summed E-state index contributed by atoms with van der Waals surface area (Å²) < 4.78 is 6.64. The van der Waals surface area contributed by atoms with Gasteiger partial charge in [-0.15, -0.1) is 11.8 Å². The number of benzene rings is 2. The molecule has 0 unspecified atom stereocenters. The van der Waals surface area contributed by atoms with Gasteiger partial charge >= 0.3 is 0 Å². The van der Waals surface area contributed by atoms with Gasteiger partial charge in [-0.2, -0.15) is 0 Å². The number of ether oxygens (including phenoxy) is 1. The van der Waals surface area contributed by atoms with Crippen LogP contribution in [0.25, 0.3) is 0 Å². The van der Waals surface area contributed by atoms with E-state index in [9.17, 15) is 0 Å². The summed E-state index contributed by atoms with van der Waals surface area (Å²) in [6, 6.07) is 19.7. The van der Waals surface area contributed by atoms with Crippen molar-refractivity contribution in [3.05, 3.63) is 71.3 Å². The van der Waals surface area contributed by atoms with Crippen molar-refractivity contribution in [1.29, 1.82) is 0 Å². The maximum atomic E-state index is 6.64. The molecule has 2 aromatic carbocycles. The Bertz CT molecular complexity index is 698. The van der Waals surface area contributed by atoms with E-state index in [0.29, 0.717) is 5.25 Å². The summed E-state index contributed by atoms with van der Waals surface area (Å²) in [5.41, 5.74) is 4.22. The van der Waals surface area contributed by atoms with Crippen LogP contribution >= 0.6 is 11.8 Å². The van der Waals surface area contributed by atoms with Gasteiger partial charge in [0.25, 0.3) is 0 Å². The molecule has 0 amide bonds. The summed E-state index contributed by atoms with van der Waals surface area (Å²) in [5.74, 6) is 0. The minimum atomic E-state index is -0.218. The van der Waals surface area contributed by atoms with Crippen molar-refractivity contribution >= 4 is 11.8 Å². The molecule has 4 rings (SSSR count). The lowest BCUT2D eigenvalue weighted by Gasteiger charge is -2.45. The smallest absolute Gasteiger partial charge is 0.132 e. The maximum Gasteiger partial charge on any atom is 0.132 e. The van der Waals surface area contributed by atoms with E-state index in [-0.39, 0.29) is 15.8 Å². The molecule has 23 heavy (non-hydrogen) atoms. The van der Waals surface area contributed by atoms with Crippen molar-refractivity contribution in [1.82, 2.24) is 0 Å². The number of hydrogen-bond donors (Lipinski definition) is 0. The fourth-order valence-electron chi connectivity index (χ4n) is 4.66. The molecule has 1 nitrogen and oxygen atoms in total. The standard InChI is InChI=1S/C21H24OS/c1-19(2)16-12-8-9-13-17(16)20(3,4)21(19)22-14-18(23-21)15-10-6-5-7-11-15/h5-13,18H,14H2,1-4H3/t18-/m1/s1. The predicted molar refractivity (Wildman–Crippen MR) is 98.0 cm³/mol. The molecule has 2 heteroatoms. The highest BCUT2D eigenvalue weighted by Crippen LogP contribution is 2.68. The van der Waals surface area contributed by atoms with Crippen molar-refractivity contribution in [2.45, 2.75) is 48.7 Å². The molecule has 1 heterocycles. The van der Waals surface area contributed by atoms with E-state index in [2.05, 4.69) is 82.3 Å². The molecule has 0 saturated carbocycles. The number of fused-ring (bicyclic) bond motifs is 1. The summed E-state index contributed by atoms with van der Waals surface area (Å²) in [5, 5.41) is 0.407. The Hall–Kier alpha value is -1.25. The third kappa shape index (κ3) is 1.85. The molecular weight excluding hydrogens is 300 g/mol. The fourth-order valence-corrected chi connectivity index (χ4v) is 6.43. The van der Waals surface area contributed by atoms with E-state index < -0.39 is 0 Å². The Labute approximate surface area is 143 Å². The van der Waals surface area contributed by atoms with Gasteiger partial charge in [-0.05, 0) is 16.7 Å². The summed E-state index contributed by atoms with van der Waals surface area (Å²) in [4.78, 5) is -0.218. The molecule has 1 aliphatic heterocycles. The number of hydrogen-bond acceptors (Lipinski definition) is 2. The zero-order chi connectivity index (χ0) is 16.3. The summed E-state index contributed by atoms with van der Waals surface area (Å²) in [7, 11) is 0. The van der Waals surface area contributed by atoms with Crippen molar-refractivity contribution in [2.75, 3.05) is 6.61 Å². The van der Waals surface area contributed by atoms with E-state index in [1.54, 1.807) is 0 Å². The zero-order valence-corrected chi connectivity index (χ0v) is 15.1. The first-order valence-electron chi connectivity index (χ1n) is 8.37. The topological polar surface area (TPSA) is 9.23 Å². The highest BCUT2D eigenvalue weighted by Gasteiger charge is 2.67. The van der Waals surface area contributed by atoms with E-state index in [0.717, 1.165) is 6.61 Å². The van der Waals surface area contributed by atoms with Gasteiger partial charge in [0, 0.05) is 10.8 Å². The van der Waals surface area contributed by atoms with Crippen molar-refractivity contribution in [2.24, 2.45) is 0 Å². The van der Waals surface area contributed by atoms with Crippen molar-refractivity contribution in [3.63, 3.8) is 0 Å². The zero-order valence-electron chi connectivity index (χ0n) is 14.3. The Morgan fingerprint density at radius 1 is 0.826 bits per heavy atom. The molecule has 0 bridgehead atoms. The molecule has 1 saturated heterocycles. The van der Waals surface area contributed by atoms with Gasteiger partial charge in [0.15, 0.2) is 0 Å². The van der Waals surface area contributed by atoms with Gasteiger partial charge in [0.2, 0.25) is 0 Å². The van der Waals surface area contributed by atoms with Crippen LogP contribution in [0.2, 0.25) is 0 Å². The average molecular weight is 324 g/mol. The molecule has 120 valence electrons. The van der Waals surface area contributed by atoms with E-state index in [1.807, 2.05) is 11.8 Å². The summed E-state index contributed by atoms with van der Waals surface area (Å²) in [6.45, 7) is 10.2. The van der Waals surface area contributed by atoms with Crippen LogP contribution in [0, 0.1) is 0 Å². The Balaban J connectivity index is 1.80. The lowest BCUT2D eigenvalue weighted by Crippen LogP contribution is -2.51.